The molecule has 14 heavy (non-hydrogen) atoms. The van der Waals surface area contributed by atoms with Crippen molar-refractivity contribution in [2.24, 2.45) is 0 Å². The molecule has 0 radical (unpaired) electrons. The van der Waals surface area contributed by atoms with Gasteiger partial charge in [0, 0.05) is 13.1 Å². The van der Waals surface area contributed by atoms with Crippen molar-refractivity contribution in [1.29, 1.82) is 0 Å². The number of nitrogens with zero attached hydrogens (tertiary/aromatic N) is 1. The molecule has 1 rings (SSSR count). The molecule has 0 saturated carbocycles. The minimum absolute atomic E-state index is 0.00628. The maximum atomic E-state index is 11.4. The molecule has 7 nitrogen and oxygen atoms in total. The van der Waals surface area contributed by atoms with Gasteiger partial charge in [-0.3, -0.25) is 0 Å². The molecule has 0 aromatic rings. The van der Waals surface area contributed by atoms with Gasteiger partial charge in [-0.15, -0.1) is 0 Å². The zero-order chi connectivity index (χ0) is 10.8. The Hall–Kier alpha value is -0.860. The number of aliphatic hydroxyl groups excluding tert-OH is 1. The number of hydrogen-bond donors (Lipinski definition) is 2. The summed E-state index contributed by atoms with van der Waals surface area (Å²) in [5, 5.41) is 9.10. The largest absolute Gasteiger partial charge is 0.452 e. The maximum absolute atomic E-state index is 11.4. The first-order valence-corrected chi connectivity index (χ1v) is 5.43. The van der Waals surface area contributed by atoms with Gasteiger partial charge in [0.25, 0.3) is 0 Å². The molecule has 0 aromatic carbocycles. The van der Waals surface area contributed by atoms with Crippen LogP contribution in [-0.4, -0.2) is 50.2 Å². The van der Waals surface area contributed by atoms with Crippen LogP contribution in [0.3, 0.4) is 0 Å². The average Bonchev–Trinajstić information content (AvgIpc) is 2.51. The Kier molecular flexibility index (Phi) is 3.29. The number of β-amino-alcohol motifs (C(OH)–C–C–N with tert-alkyl or cyclic N) is 1. The van der Waals surface area contributed by atoms with Gasteiger partial charge in [0.1, 0.15) is 0 Å². The monoisotopic (exact) mass is 224 g/mol. The summed E-state index contributed by atoms with van der Waals surface area (Å²) in [6.07, 6.45) is -1.32. The van der Waals surface area contributed by atoms with Gasteiger partial charge in [0.15, 0.2) is 0 Å². The van der Waals surface area contributed by atoms with E-state index in [4.69, 9.17) is 5.11 Å². The number of methoxy groups -OCH3 is 1. The highest BCUT2D eigenvalue weighted by atomic mass is 32.2. The van der Waals surface area contributed by atoms with Crippen molar-refractivity contribution < 1.29 is 23.1 Å². The Bertz CT molecular complexity index is 314. The van der Waals surface area contributed by atoms with Gasteiger partial charge in [0.05, 0.1) is 13.2 Å². The molecule has 1 amide bonds. The number of carbonyl (C=O) groups is 1. The normalized spacial score (nSPS) is 23.4. The summed E-state index contributed by atoms with van der Waals surface area (Å²) < 4.78 is 29.5. The second-order valence-electron chi connectivity index (χ2n) is 2.90. The molecular formula is C6H12N2O5S. The number of amides is 1. The van der Waals surface area contributed by atoms with Crippen molar-refractivity contribution in [2.45, 2.75) is 12.5 Å². The van der Waals surface area contributed by atoms with Gasteiger partial charge in [0.2, 0.25) is 0 Å². The van der Waals surface area contributed by atoms with E-state index in [0.29, 0.717) is 6.42 Å². The van der Waals surface area contributed by atoms with E-state index in [2.05, 4.69) is 4.74 Å². The van der Waals surface area contributed by atoms with Crippen LogP contribution < -0.4 is 4.72 Å². The highest BCUT2D eigenvalue weighted by molar-refractivity contribution is 7.87. The van der Waals surface area contributed by atoms with E-state index < -0.39 is 22.4 Å². The highest BCUT2D eigenvalue weighted by Crippen LogP contribution is 2.11. The molecule has 0 bridgehead atoms. The molecule has 0 spiro atoms. The standard InChI is InChI=1S/C6H12N2O5S/c1-13-6(10)7-14(11,12)8-3-2-5(9)4-8/h5,9H,2-4H2,1H3,(H,7,10). The van der Waals surface area contributed by atoms with E-state index in [1.54, 1.807) is 4.72 Å². The Morgan fingerprint density at radius 2 is 2.29 bits per heavy atom. The van der Waals surface area contributed by atoms with Gasteiger partial charge >= 0.3 is 16.3 Å². The predicted molar refractivity (Wildman–Crippen MR) is 46.7 cm³/mol. The highest BCUT2D eigenvalue weighted by Gasteiger charge is 2.31. The molecular weight excluding hydrogens is 212 g/mol. The van der Waals surface area contributed by atoms with Crippen LogP contribution in [0.25, 0.3) is 0 Å². The molecule has 1 atom stereocenters. The summed E-state index contributed by atoms with van der Waals surface area (Å²) >= 11 is 0. The first kappa shape index (κ1) is 11.2. The summed E-state index contributed by atoms with van der Waals surface area (Å²) in [5.41, 5.74) is 0. The lowest BCUT2D eigenvalue weighted by atomic mass is 10.3. The quantitative estimate of drug-likeness (QED) is 0.605. The molecule has 1 unspecified atom stereocenters. The number of nitrogens with one attached hydrogen (secondary N) is 1. The van der Waals surface area contributed by atoms with Crippen LogP contribution in [0, 0.1) is 0 Å². The van der Waals surface area contributed by atoms with Gasteiger partial charge < -0.3 is 9.84 Å². The van der Waals surface area contributed by atoms with Crippen molar-refractivity contribution in [2.75, 3.05) is 20.2 Å². The van der Waals surface area contributed by atoms with Crippen molar-refractivity contribution in [1.82, 2.24) is 9.03 Å². The molecule has 0 aliphatic carbocycles. The second-order valence-corrected chi connectivity index (χ2v) is 4.57. The van der Waals surface area contributed by atoms with Gasteiger partial charge in [-0.2, -0.15) is 12.7 Å². The minimum Gasteiger partial charge on any atom is -0.452 e. The van der Waals surface area contributed by atoms with E-state index in [-0.39, 0.29) is 13.1 Å². The summed E-state index contributed by atoms with van der Waals surface area (Å²) in [7, 11) is -2.78. The third-order valence-electron chi connectivity index (χ3n) is 1.86. The summed E-state index contributed by atoms with van der Waals surface area (Å²) in [6.45, 7) is 0.208. The van der Waals surface area contributed by atoms with E-state index in [9.17, 15) is 13.2 Å². The number of carbonyl (C=O) groups excluding carboxylic acids is 1. The zero-order valence-corrected chi connectivity index (χ0v) is 8.45. The molecule has 8 heteroatoms. The lowest BCUT2D eigenvalue weighted by molar-refractivity contribution is 0.175. The van der Waals surface area contributed by atoms with Gasteiger partial charge in [-0.1, -0.05) is 0 Å². The summed E-state index contributed by atoms with van der Waals surface area (Å²) in [4.78, 5) is 10.7. The van der Waals surface area contributed by atoms with Crippen molar-refractivity contribution in [3.8, 4) is 0 Å². The third kappa shape index (κ3) is 2.56. The number of rotatable bonds is 2. The van der Waals surface area contributed by atoms with Crippen LogP contribution in [0.2, 0.25) is 0 Å². The number of aliphatic hydroxyl groups is 1. The van der Waals surface area contributed by atoms with Gasteiger partial charge in [-0.25, -0.2) is 9.52 Å². The molecule has 1 fully saturated rings. The molecule has 0 aromatic heterocycles. The van der Waals surface area contributed by atoms with Crippen LogP contribution in [0.4, 0.5) is 4.79 Å². The maximum Gasteiger partial charge on any atom is 0.421 e. The lowest BCUT2D eigenvalue weighted by Gasteiger charge is -2.15. The Morgan fingerprint density at radius 1 is 1.64 bits per heavy atom. The van der Waals surface area contributed by atoms with Crippen LogP contribution in [-0.2, 0) is 14.9 Å². The first-order valence-electron chi connectivity index (χ1n) is 3.99. The molecule has 82 valence electrons. The predicted octanol–water partition coefficient (Wildman–Crippen LogP) is -1.35. The smallest absolute Gasteiger partial charge is 0.421 e. The van der Waals surface area contributed by atoms with Crippen LogP contribution >= 0.6 is 0 Å². The summed E-state index contributed by atoms with van der Waals surface area (Å²) in [5.74, 6) is 0. The minimum atomic E-state index is -3.86. The second kappa shape index (κ2) is 4.11. The Labute approximate surface area is 81.8 Å². The average molecular weight is 224 g/mol. The Balaban J connectivity index is 2.62. The topological polar surface area (TPSA) is 95.9 Å². The molecule has 1 saturated heterocycles. The molecule has 1 heterocycles. The van der Waals surface area contributed by atoms with Crippen LogP contribution in [0.5, 0.6) is 0 Å². The fraction of sp³-hybridized carbons (Fsp3) is 0.833. The number of ether oxygens (including phenoxy) is 1. The molecule has 2 N–H and O–H groups in total. The Morgan fingerprint density at radius 3 is 2.71 bits per heavy atom. The van der Waals surface area contributed by atoms with E-state index >= 15 is 0 Å². The van der Waals surface area contributed by atoms with E-state index in [0.717, 1.165) is 11.4 Å². The zero-order valence-electron chi connectivity index (χ0n) is 7.63. The van der Waals surface area contributed by atoms with Crippen LogP contribution in [0.1, 0.15) is 6.42 Å². The van der Waals surface area contributed by atoms with Gasteiger partial charge in [-0.05, 0) is 6.42 Å². The van der Waals surface area contributed by atoms with Crippen molar-refractivity contribution in [3.63, 3.8) is 0 Å². The summed E-state index contributed by atoms with van der Waals surface area (Å²) in [6, 6.07) is 0. The third-order valence-corrected chi connectivity index (χ3v) is 3.30. The fourth-order valence-corrected chi connectivity index (χ4v) is 2.28. The SMILES string of the molecule is COC(=O)NS(=O)(=O)N1CCC(O)C1. The molecule has 1 aliphatic rings. The first-order chi connectivity index (χ1) is 6.45. The van der Waals surface area contributed by atoms with E-state index in [1.807, 2.05) is 0 Å². The number of hydrogen-bond acceptors (Lipinski definition) is 5. The molecule has 1 aliphatic heterocycles. The van der Waals surface area contributed by atoms with E-state index in [1.165, 1.54) is 0 Å². The van der Waals surface area contributed by atoms with Crippen molar-refractivity contribution >= 4 is 16.3 Å². The van der Waals surface area contributed by atoms with Crippen LogP contribution in [0.15, 0.2) is 0 Å². The van der Waals surface area contributed by atoms with Crippen molar-refractivity contribution in [3.05, 3.63) is 0 Å². The lowest BCUT2D eigenvalue weighted by Crippen LogP contribution is -2.42. The fourth-order valence-electron chi connectivity index (χ4n) is 1.14.